The molecule has 3 aromatic rings. The molecule has 0 unspecified atom stereocenters. The van der Waals surface area contributed by atoms with Crippen LogP contribution in [0.15, 0.2) is 66.0 Å². The zero-order chi connectivity index (χ0) is 20.2. The van der Waals surface area contributed by atoms with E-state index in [0.29, 0.717) is 27.8 Å². The van der Waals surface area contributed by atoms with Crippen molar-refractivity contribution in [1.29, 1.82) is 0 Å². The van der Waals surface area contributed by atoms with Gasteiger partial charge in [0.05, 0.1) is 10.9 Å². The Labute approximate surface area is 177 Å². The highest BCUT2D eigenvalue weighted by molar-refractivity contribution is 7.12. The fraction of sp³-hybridized carbons (Fsp3) is 0.182. The first kappa shape index (κ1) is 18.2. The molecule has 0 aliphatic carbocycles. The molecular formula is C22H17ClN2O3S. The fourth-order valence-electron chi connectivity index (χ4n) is 4.14. The van der Waals surface area contributed by atoms with E-state index >= 15 is 0 Å². The molecule has 2 aromatic carbocycles. The van der Waals surface area contributed by atoms with Crippen LogP contribution < -0.4 is 9.64 Å². The van der Waals surface area contributed by atoms with E-state index in [1.807, 2.05) is 42.6 Å². The Morgan fingerprint density at radius 1 is 1.17 bits per heavy atom. The number of rotatable bonds is 2. The number of fused-ring (bicyclic) bond motifs is 4. The van der Waals surface area contributed by atoms with Gasteiger partial charge in [0.2, 0.25) is 0 Å². The fourth-order valence-corrected chi connectivity index (χ4v) is 4.98. The molecule has 5 rings (SSSR count). The van der Waals surface area contributed by atoms with E-state index < -0.39 is 17.8 Å². The zero-order valence-electron chi connectivity index (χ0n) is 15.5. The summed E-state index contributed by atoms with van der Waals surface area (Å²) in [5.41, 5.74) is 0.511. The van der Waals surface area contributed by atoms with Crippen molar-refractivity contribution in [2.75, 3.05) is 4.90 Å². The van der Waals surface area contributed by atoms with Gasteiger partial charge in [-0.2, -0.15) is 0 Å². The Kier molecular flexibility index (Phi) is 4.15. The number of amides is 3. The summed E-state index contributed by atoms with van der Waals surface area (Å²) in [5.74, 6) is 0.316. The van der Waals surface area contributed by atoms with Crippen molar-refractivity contribution in [2.45, 2.75) is 25.1 Å². The van der Waals surface area contributed by atoms with E-state index in [4.69, 9.17) is 16.3 Å². The number of hydrogen-bond acceptors (Lipinski definition) is 4. The normalized spacial score (nSPS) is 22.8. The van der Waals surface area contributed by atoms with Gasteiger partial charge in [-0.1, -0.05) is 35.9 Å². The summed E-state index contributed by atoms with van der Waals surface area (Å²) in [6.45, 7) is 1.88. The molecule has 2 atom stereocenters. The van der Waals surface area contributed by atoms with Crippen molar-refractivity contribution < 1.29 is 14.3 Å². The second-order valence-corrected chi connectivity index (χ2v) is 8.67. The minimum atomic E-state index is -0.920. The standard InChI is InChI=1S/C22H17ClN2O3S/c1-22-13-17(16-12-14(23)9-10-18(16)28-22)24(20(26)19-8-5-11-29-19)21(27)25(22)15-6-3-2-4-7-15/h2-12,17H,13H2,1H3/t17-,22+/m0/s1. The molecule has 0 radical (unpaired) electrons. The molecule has 2 bridgehead atoms. The molecular weight excluding hydrogens is 408 g/mol. The van der Waals surface area contributed by atoms with Gasteiger partial charge in [0.1, 0.15) is 5.75 Å². The zero-order valence-corrected chi connectivity index (χ0v) is 17.1. The average molecular weight is 425 g/mol. The third kappa shape index (κ3) is 2.82. The third-order valence-corrected chi connectivity index (χ3v) is 6.47. The van der Waals surface area contributed by atoms with E-state index in [9.17, 15) is 9.59 Å². The van der Waals surface area contributed by atoms with Gasteiger partial charge in [-0.05, 0) is 48.7 Å². The number of carbonyl (C=O) groups excluding carboxylic acids is 2. The number of thiophene rings is 1. The molecule has 1 aromatic heterocycles. The number of imide groups is 1. The number of nitrogens with zero attached hydrogens (tertiary/aromatic N) is 2. The first-order chi connectivity index (χ1) is 14.0. The average Bonchev–Trinajstić information content (AvgIpc) is 3.24. The van der Waals surface area contributed by atoms with Crippen molar-refractivity contribution >= 4 is 40.6 Å². The molecule has 3 amide bonds. The SMILES string of the molecule is C[C@]12C[C@@H](c3cc(Cl)ccc3O1)N(C(=O)c1cccs1)C(=O)N2c1ccccc1. The number of carbonyl (C=O) groups is 2. The Bertz CT molecular complexity index is 1100. The van der Waals surface area contributed by atoms with Gasteiger partial charge in [0, 0.05) is 22.7 Å². The molecule has 1 saturated heterocycles. The van der Waals surface area contributed by atoms with Gasteiger partial charge < -0.3 is 4.74 Å². The number of ether oxygens (including phenoxy) is 1. The van der Waals surface area contributed by atoms with E-state index in [1.54, 1.807) is 35.2 Å². The van der Waals surface area contributed by atoms with E-state index in [-0.39, 0.29) is 5.91 Å². The lowest BCUT2D eigenvalue weighted by atomic mass is 9.88. The molecule has 3 heterocycles. The highest BCUT2D eigenvalue weighted by Gasteiger charge is 2.55. The lowest BCUT2D eigenvalue weighted by molar-refractivity contribution is 0.00284. The van der Waals surface area contributed by atoms with Crippen LogP contribution in [0.1, 0.15) is 34.6 Å². The topological polar surface area (TPSA) is 49.9 Å². The maximum Gasteiger partial charge on any atom is 0.335 e. The van der Waals surface area contributed by atoms with Crippen LogP contribution in [0.3, 0.4) is 0 Å². The largest absolute Gasteiger partial charge is 0.467 e. The second kappa shape index (κ2) is 6.61. The number of para-hydroxylation sites is 1. The van der Waals surface area contributed by atoms with E-state index in [2.05, 4.69) is 0 Å². The summed E-state index contributed by atoms with van der Waals surface area (Å²) < 4.78 is 6.31. The van der Waals surface area contributed by atoms with Gasteiger partial charge in [-0.25, -0.2) is 4.79 Å². The molecule has 5 nitrogen and oxygen atoms in total. The number of urea groups is 1. The minimum Gasteiger partial charge on any atom is -0.467 e. The number of anilines is 1. The summed E-state index contributed by atoms with van der Waals surface area (Å²) in [6, 6.07) is 17.3. The van der Waals surface area contributed by atoms with E-state index in [0.717, 1.165) is 5.56 Å². The van der Waals surface area contributed by atoms with Gasteiger partial charge in [0.15, 0.2) is 5.72 Å². The summed E-state index contributed by atoms with van der Waals surface area (Å²) in [5, 5.41) is 2.37. The predicted octanol–water partition coefficient (Wildman–Crippen LogP) is 5.72. The quantitative estimate of drug-likeness (QED) is 0.528. The highest BCUT2D eigenvalue weighted by atomic mass is 35.5. The summed E-state index contributed by atoms with van der Waals surface area (Å²) in [4.78, 5) is 30.5. The molecule has 2 aliphatic rings. The van der Waals surface area contributed by atoms with Crippen molar-refractivity contribution in [3.05, 3.63) is 81.5 Å². The lowest BCUT2D eigenvalue weighted by Crippen LogP contribution is -2.67. The lowest BCUT2D eigenvalue weighted by Gasteiger charge is -2.53. The molecule has 2 aliphatic heterocycles. The van der Waals surface area contributed by atoms with Crippen LogP contribution in [0.25, 0.3) is 0 Å². The Hall–Kier alpha value is -2.83. The maximum absolute atomic E-state index is 13.7. The van der Waals surface area contributed by atoms with Gasteiger partial charge >= 0.3 is 6.03 Å². The molecule has 146 valence electrons. The monoisotopic (exact) mass is 424 g/mol. The van der Waals surface area contributed by atoms with Gasteiger partial charge in [-0.15, -0.1) is 11.3 Å². The third-order valence-electron chi connectivity index (χ3n) is 5.38. The van der Waals surface area contributed by atoms with Crippen LogP contribution in [-0.2, 0) is 0 Å². The maximum atomic E-state index is 13.7. The molecule has 29 heavy (non-hydrogen) atoms. The summed E-state index contributed by atoms with van der Waals surface area (Å²) >= 11 is 7.54. The number of benzene rings is 2. The molecule has 0 spiro atoms. The van der Waals surface area contributed by atoms with Gasteiger partial charge in [0.25, 0.3) is 5.91 Å². The van der Waals surface area contributed by atoms with Crippen molar-refractivity contribution in [2.24, 2.45) is 0 Å². The first-order valence-electron chi connectivity index (χ1n) is 9.23. The summed E-state index contributed by atoms with van der Waals surface area (Å²) in [6.07, 6.45) is 0.443. The smallest absolute Gasteiger partial charge is 0.335 e. The molecule has 1 fully saturated rings. The Morgan fingerprint density at radius 3 is 2.69 bits per heavy atom. The Morgan fingerprint density at radius 2 is 1.97 bits per heavy atom. The summed E-state index contributed by atoms with van der Waals surface area (Å²) in [7, 11) is 0. The van der Waals surface area contributed by atoms with Crippen molar-refractivity contribution in [3.63, 3.8) is 0 Å². The predicted molar refractivity (Wildman–Crippen MR) is 113 cm³/mol. The van der Waals surface area contributed by atoms with Crippen LogP contribution in [0.5, 0.6) is 5.75 Å². The van der Waals surface area contributed by atoms with Crippen LogP contribution >= 0.6 is 22.9 Å². The van der Waals surface area contributed by atoms with Crippen LogP contribution in [0.4, 0.5) is 10.5 Å². The van der Waals surface area contributed by atoms with Crippen molar-refractivity contribution in [3.8, 4) is 5.75 Å². The molecule has 0 N–H and O–H groups in total. The van der Waals surface area contributed by atoms with Crippen LogP contribution in [0, 0.1) is 0 Å². The highest BCUT2D eigenvalue weighted by Crippen LogP contribution is 2.50. The van der Waals surface area contributed by atoms with Gasteiger partial charge in [-0.3, -0.25) is 14.6 Å². The number of hydrogen-bond donors (Lipinski definition) is 0. The van der Waals surface area contributed by atoms with Crippen LogP contribution in [0.2, 0.25) is 5.02 Å². The second-order valence-electron chi connectivity index (χ2n) is 7.29. The minimum absolute atomic E-state index is 0.314. The first-order valence-corrected chi connectivity index (χ1v) is 10.5. The van der Waals surface area contributed by atoms with E-state index in [1.165, 1.54) is 16.2 Å². The van der Waals surface area contributed by atoms with Crippen molar-refractivity contribution in [1.82, 2.24) is 4.90 Å². The Balaban J connectivity index is 1.70. The number of halogens is 1. The molecule has 7 heteroatoms. The van der Waals surface area contributed by atoms with Crippen LogP contribution in [-0.4, -0.2) is 22.6 Å². The molecule has 0 saturated carbocycles.